The Morgan fingerprint density at radius 2 is 1.68 bits per heavy atom. The number of carbonyl (C=O) groups excluding carboxylic acids is 2. The first-order chi connectivity index (χ1) is 13.1. The third-order valence-electron chi connectivity index (χ3n) is 4.82. The number of sulfonamides is 1. The maximum Gasteiger partial charge on any atom is 0.328 e. The first-order valence-corrected chi connectivity index (χ1v) is 11.1. The zero-order chi connectivity index (χ0) is 20.6. The van der Waals surface area contributed by atoms with Crippen molar-refractivity contribution in [2.75, 3.05) is 39.4 Å². The van der Waals surface area contributed by atoms with Gasteiger partial charge in [0.15, 0.2) is 0 Å². The van der Waals surface area contributed by atoms with Gasteiger partial charge in [0, 0.05) is 32.2 Å². The van der Waals surface area contributed by atoms with Crippen molar-refractivity contribution >= 4 is 45.2 Å². The molecule has 8 nitrogen and oxygen atoms in total. The molecular weight excluding hydrogens is 427 g/mol. The third kappa shape index (κ3) is 4.13. The molecule has 154 valence electrons. The van der Waals surface area contributed by atoms with E-state index < -0.39 is 10.0 Å². The maximum absolute atomic E-state index is 12.8. The Balaban J connectivity index is 1.61. The molecule has 28 heavy (non-hydrogen) atoms. The summed E-state index contributed by atoms with van der Waals surface area (Å²) in [6.07, 6.45) is 0. The van der Waals surface area contributed by atoms with Crippen LogP contribution in [0.2, 0.25) is 10.0 Å². The molecule has 0 N–H and O–H groups in total. The topological polar surface area (TPSA) is 81.2 Å². The van der Waals surface area contributed by atoms with Crippen LogP contribution < -0.4 is 0 Å². The molecule has 0 saturated carbocycles. The van der Waals surface area contributed by atoms with Crippen LogP contribution in [0.3, 0.4) is 0 Å². The van der Waals surface area contributed by atoms with Gasteiger partial charge in [-0.05, 0) is 32.0 Å². The number of urea groups is 1. The van der Waals surface area contributed by atoms with E-state index in [1.54, 1.807) is 13.8 Å². The van der Waals surface area contributed by atoms with Gasteiger partial charge in [0.2, 0.25) is 10.0 Å². The fourth-order valence-electron chi connectivity index (χ4n) is 3.32. The quantitative estimate of drug-likeness (QED) is 0.642. The van der Waals surface area contributed by atoms with Gasteiger partial charge < -0.3 is 4.90 Å². The minimum atomic E-state index is -3.67. The summed E-state index contributed by atoms with van der Waals surface area (Å²) < 4.78 is 27.0. The monoisotopic (exact) mass is 448 g/mol. The van der Waals surface area contributed by atoms with Gasteiger partial charge in [-0.1, -0.05) is 23.2 Å². The van der Waals surface area contributed by atoms with E-state index in [0.717, 1.165) is 0 Å². The molecule has 2 saturated heterocycles. The largest absolute Gasteiger partial charge is 0.328 e. The van der Waals surface area contributed by atoms with E-state index >= 15 is 0 Å². The van der Waals surface area contributed by atoms with Crippen molar-refractivity contribution in [2.45, 2.75) is 24.8 Å². The van der Waals surface area contributed by atoms with Crippen LogP contribution in [0.25, 0.3) is 0 Å². The molecule has 0 aromatic heterocycles. The molecule has 11 heteroatoms. The Kier molecular flexibility index (Phi) is 6.21. The second-order valence-corrected chi connectivity index (χ2v) is 9.83. The summed E-state index contributed by atoms with van der Waals surface area (Å²) in [6, 6.07) is 3.76. The van der Waals surface area contributed by atoms with Crippen LogP contribution in [0.1, 0.15) is 13.8 Å². The highest BCUT2D eigenvalue weighted by molar-refractivity contribution is 7.89. The second kappa shape index (κ2) is 8.16. The number of nitrogens with zero attached hydrogens (tertiary/aromatic N) is 4. The number of piperazine rings is 1. The standard InChI is InChI=1S/C17H22Cl2N4O4S/c1-12(2)23-16(24)10-21(17(23)25)11-20-5-7-22(8-6-20)28(26,27)13-3-4-14(18)15(19)9-13/h3-4,9,12H,5-8,10-11H2,1-2H3. The smallest absolute Gasteiger partial charge is 0.302 e. The second-order valence-electron chi connectivity index (χ2n) is 7.08. The Hall–Kier alpha value is -1.39. The van der Waals surface area contributed by atoms with Gasteiger partial charge in [0.05, 0.1) is 21.6 Å². The molecule has 0 unspecified atom stereocenters. The molecule has 1 aromatic carbocycles. The van der Waals surface area contributed by atoms with Crippen molar-refractivity contribution in [1.29, 1.82) is 0 Å². The molecule has 0 spiro atoms. The molecule has 1 aromatic rings. The fraction of sp³-hybridized carbons (Fsp3) is 0.529. The highest BCUT2D eigenvalue weighted by Crippen LogP contribution is 2.27. The van der Waals surface area contributed by atoms with Gasteiger partial charge in [0.25, 0.3) is 5.91 Å². The van der Waals surface area contributed by atoms with Crippen LogP contribution in [-0.2, 0) is 14.8 Å². The average molecular weight is 449 g/mol. The van der Waals surface area contributed by atoms with Crippen LogP contribution in [0, 0.1) is 0 Å². The first-order valence-electron chi connectivity index (χ1n) is 8.90. The number of hydrogen-bond acceptors (Lipinski definition) is 5. The predicted molar refractivity (Wildman–Crippen MR) is 106 cm³/mol. The lowest BCUT2D eigenvalue weighted by molar-refractivity contribution is -0.126. The number of carbonyl (C=O) groups is 2. The van der Waals surface area contributed by atoms with Crippen molar-refractivity contribution < 1.29 is 18.0 Å². The minimum absolute atomic E-state index is 0.0544. The molecule has 3 rings (SSSR count). The maximum atomic E-state index is 12.8. The SMILES string of the molecule is CC(C)N1C(=O)CN(CN2CCN(S(=O)(=O)c3ccc(Cl)c(Cl)c3)CC2)C1=O. The zero-order valence-corrected chi connectivity index (χ0v) is 18.0. The Bertz CT molecular complexity index is 885. The van der Waals surface area contributed by atoms with E-state index in [1.807, 2.05) is 4.90 Å². The lowest BCUT2D eigenvalue weighted by Crippen LogP contribution is -2.52. The van der Waals surface area contributed by atoms with Gasteiger partial charge in [0.1, 0.15) is 6.54 Å². The third-order valence-corrected chi connectivity index (χ3v) is 7.45. The van der Waals surface area contributed by atoms with E-state index in [4.69, 9.17) is 23.2 Å². The molecular formula is C17H22Cl2N4O4S. The van der Waals surface area contributed by atoms with Gasteiger partial charge in [-0.15, -0.1) is 0 Å². The number of hydrogen-bond donors (Lipinski definition) is 0. The van der Waals surface area contributed by atoms with E-state index in [-0.39, 0.29) is 47.5 Å². The zero-order valence-electron chi connectivity index (χ0n) is 15.6. The lowest BCUT2D eigenvalue weighted by Gasteiger charge is -2.35. The van der Waals surface area contributed by atoms with Crippen LogP contribution in [0.4, 0.5) is 4.79 Å². The molecule has 0 aliphatic carbocycles. The summed E-state index contributed by atoms with van der Waals surface area (Å²) >= 11 is 11.8. The predicted octanol–water partition coefficient (Wildman–Crippen LogP) is 1.93. The van der Waals surface area contributed by atoms with Crippen LogP contribution in [0.15, 0.2) is 23.1 Å². The summed E-state index contributed by atoms with van der Waals surface area (Å²) in [7, 11) is -3.67. The van der Waals surface area contributed by atoms with Gasteiger partial charge in [-0.25, -0.2) is 13.2 Å². The van der Waals surface area contributed by atoms with Crippen molar-refractivity contribution in [3.63, 3.8) is 0 Å². The summed E-state index contributed by atoms with van der Waals surface area (Å²) in [5.74, 6) is -0.208. The molecule has 2 aliphatic heterocycles. The summed E-state index contributed by atoms with van der Waals surface area (Å²) in [6.45, 7) is 5.43. The highest BCUT2D eigenvalue weighted by atomic mass is 35.5. The number of amides is 3. The molecule has 2 fully saturated rings. The Labute approximate surface area is 174 Å². The summed E-state index contributed by atoms with van der Waals surface area (Å²) in [5.41, 5.74) is 0. The normalized spacial score (nSPS) is 19.9. The Morgan fingerprint density at radius 3 is 2.21 bits per heavy atom. The van der Waals surface area contributed by atoms with Crippen LogP contribution in [0.5, 0.6) is 0 Å². The number of imide groups is 1. The van der Waals surface area contributed by atoms with Gasteiger partial charge in [-0.2, -0.15) is 4.31 Å². The highest BCUT2D eigenvalue weighted by Gasteiger charge is 2.39. The van der Waals surface area contributed by atoms with E-state index in [1.165, 1.54) is 32.3 Å². The average Bonchev–Trinajstić information content (AvgIpc) is 2.91. The lowest BCUT2D eigenvalue weighted by atomic mass is 10.3. The molecule has 2 aliphatic rings. The number of rotatable bonds is 5. The van der Waals surface area contributed by atoms with E-state index in [0.29, 0.717) is 24.8 Å². The molecule has 0 atom stereocenters. The molecule has 0 radical (unpaired) electrons. The van der Waals surface area contributed by atoms with Crippen molar-refractivity contribution in [1.82, 2.24) is 19.0 Å². The summed E-state index contributed by atoms with van der Waals surface area (Å²) in [4.78, 5) is 29.2. The van der Waals surface area contributed by atoms with E-state index in [9.17, 15) is 18.0 Å². The summed E-state index contributed by atoms with van der Waals surface area (Å²) in [5, 5.41) is 0.485. The minimum Gasteiger partial charge on any atom is -0.302 e. The first kappa shape index (κ1) is 21.3. The number of benzene rings is 1. The van der Waals surface area contributed by atoms with Crippen LogP contribution >= 0.6 is 23.2 Å². The molecule has 3 amide bonds. The van der Waals surface area contributed by atoms with E-state index in [2.05, 4.69) is 0 Å². The molecule has 2 heterocycles. The number of halogens is 2. The van der Waals surface area contributed by atoms with Crippen LogP contribution in [-0.4, -0.2) is 84.8 Å². The van der Waals surface area contributed by atoms with Gasteiger partial charge in [-0.3, -0.25) is 14.6 Å². The fourth-order valence-corrected chi connectivity index (χ4v) is 5.14. The van der Waals surface area contributed by atoms with Crippen molar-refractivity contribution in [3.05, 3.63) is 28.2 Å². The van der Waals surface area contributed by atoms with Gasteiger partial charge >= 0.3 is 6.03 Å². The molecule has 0 bridgehead atoms. The Morgan fingerprint density at radius 1 is 1.04 bits per heavy atom. The van der Waals surface area contributed by atoms with Crippen molar-refractivity contribution in [3.8, 4) is 0 Å². The van der Waals surface area contributed by atoms with Crippen molar-refractivity contribution in [2.24, 2.45) is 0 Å².